The summed E-state index contributed by atoms with van der Waals surface area (Å²) in [6.07, 6.45) is 0. The highest BCUT2D eigenvalue weighted by Crippen LogP contribution is 2.35. The number of carbonyl (C=O) groups excluding carboxylic acids is 2. The Hall–Kier alpha value is -3.58. The number of imide groups is 1. The maximum absolute atomic E-state index is 13.5. The molecule has 2 heterocycles. The fraction of sp³-hybridized carbons (Fsp3) is 0.200. The third-order valence-corrected chi connectivity index (χ3v) is 6.10. The first-order chi connectivity index (χ1) is 15.6. The van der Waals surface area contributed by atoms with E-state index < -0.39 is 0 Å². The molecular formula is C25H24N2O4S. The van der Waals surface area contributed by atoms with Gasteiger partial charge in [-0.15, -0.1) is 11.3 Å². The lowest BCUT2D eigenvalue weighted by molar-refractivity contribution is -0.137. The molecule has 1 aromatic heterocycles. The SMILES string of the molecule is CCN(C1=C(c2cccs2)C(=O)N(CCOc2ccc(OC)cc2)C1=O)c1ccccc1. The fourth-order valence-electron chi connectivity index (χ4n) is 3.66. The molecule has 0 atom stereocenters. The van der Waals surface area contributed by atoms with Crippen LogP contribution in [0.25, 0.3) is 5.57 Å². The van der Waals surface area contributed by atoms with E-state index in [-0.39, 0.29) is 25.0 Å². The number of carbonyl (C=O) groups is 2. The van der Waals surface area contributed by atoms with E-state index in [1.54, 1.807) is 31.4 Å². The van der Waals surface area contributed by atoms with Crippen molar-refractivity contribution in [1.29, 1.82) is 0 Å². The summed E-state index contributed by atoms with van der Waals surface area (Å²) < 4.78 is 10.9. The molecule has 0 aliphatic carbocycles. The molecule has 2 amide bonds. The molecule has 6 nitrogen and oxygen atoms in total. The second kappa shape index (κ2) is 9.70. The highest BCUT2D eigenvalue weighted by molar-refractivity contribution is 7.11. The van der Waals surface area contributed by atoms with E-state index in [2.05, 4.69) is 0 Å². The Balaban J connectivity index is 1.58. The number of amides is 2. The van der Waals surface area contributed by atoms with Gasteiger partial charge >= 0.3 is 0 Å². The van der Waals surface area contributed by atoms with Crippen molar-refractivity contribution >= 4 is 34.4 Å². The van der Waals surface area contributed by atoms with E-state index >= 15 is 0 Å². The van der Waals surface area contributed by atoms with Gasteiger partial charge in [-0.1, -0.05) is 24.3 Å². The van der Waals surface area contributed by atoms with Gasteiger partial charge in [-0.25, -0.2) is 0 Å². The van der Waals surface area contributed by atoms with Crippen LogP contribution in [0.15, 0.2) is 77.8 Å². The number of ether oxygens (including phenoxy) is 2. The van der Waals surface area contributed by atoms with Gasteiger partial charge in [0.2, 0.25) is 0 Å². The Kier molecular flexibility index (Phi) is 6.56. The van der Waals surface area contributed by atoms with Crippen LogP contribution < -0.4 is 14.4 Å². The van der Waals surface area contributed by atoms with Gasteiger partial charge in [0.15, 0.2) is 0 Å². The molecule has 0 spiro atoms. The molecular weight excluding hydrogens is 424 g/mol. The van der Waals surface area contributed by atoms with Crippen molar-refractivity contribution < 1.29 is 19.1 Å². The number of rotatable bonds is 9. The van der Waals surface area contributed by atoms with Crippen molar-refractivity contribution in [3.8, 4) is 11.5 Å². The summed E-state index contributed by atoms with van der Waals surface area (Å²) in [4.78, 5) is 30.8. The van der Waals surface area contributed by atoms with Crippen molar-refractivity contribution in [3.05, 3.63) is 82.7 Å². The summed E-state index contributed by atoms with van der Waals surface area (Å²) in [7, 11) is 1.60. The minimum atomic E-state index is -0.303. The molecule has 1 aliphatic rings. The van der Waals surface area contributed by atoms with Crippen molar-refractivity contribution in [1.82, 2.24) is 4.90 Å². The smallest absolute Gasteiger partial charge is 0.278 e. The summed E-state index contributed by atoms with van der Waals surface area (Å²) in [6, 6.07) is 20.6. The van der Waals surface area contributed by atoms with Gasteiger partial charge in [-0.3, -0.25) is 14.5 Å². The number of likely N-dealkylation sites (N-methyl/N-ethyl adjacent to an activating group) is 1. The number of methoxy groups -OCH3 is 1. The van der Waals surface area contributed by atoms with Crippen LogP contribution in [0.2, 0.25) is 0 Å². The third kappa shape index (κ3) is 4.24. The second-order valence-electron chi connectivity index (χ2n) is 7.07. The van der Waals surface area contributed by atoms with Gasteiger partial charge in [0.1, 0.15) is 23.8 Å². The van der Waals surface area contributed by atoms with Crippen LogP contribution in [0, 0.1) is 0 Å². The van der Waals surface area contributed by atoms with Gasteiger partial charge in [-0.2, -0.15) is 0 Å². The van der Waals surface area contributed by atoms with E-state index in [9.17, 15) is 9.59 Å². The number of nitrogens with zero attached hydrogens (tertiary/aromatic N) is 2. The molecule has 164 valence electrons. The highest BCUT2D eigenvalue weighted by Gasteiger charge is 2.41. The van der Waals surface area contributed by atoms with Crippen molar-refractivity contribution in [2.45, 2.75) is 6.92 Å². The molecule has 0 saturated heterocycles. The Labute approximate surface area is 191 Å². The standard InChI is InChI=1S/C25H24N2O4S/c1-3-26(18-8-5-4-6-9-18)23-22(21-10-7-17-32-21)24(28)27(25(23)29)15-16-31-20-13-11-19(30-2)12-14-20/h4-14,17H,3,15-16H2,1-2H3. The lowest BCUT2D eigenvalue weighted by Gasteiger charge is -2.24. The maximum Gasteiger partial charge on any atom is 0.278 e. The molecule has 7 heteroatoms. The summed E-state index contributed by atoms with van der Waals surface area (Å²) in [5, 5.41) is 1.91. The van der Waals surface area contributed by atoms with Crippen LogP contribution in [0.3, 0.4) is 0 Å². The Bertz CT molecular complexity index is 1110. The minimum absolute atomic E-state index is 0.161. The van der Waals surface area contributed by atoms with E-state index in [1.165, 1.54) is 16.2 Å². The van der Waals surface area contributed by atoms with Crippen molar-refractivity contribution in [2.75, 3.05) is 31.7 Å². The minimum Gasteiger partial charge on any atom is -0.497 e. The van der Waals surface area contributed by atoms with Crippen LogP contribution in [-0.2, 0) is 9.59 Å². The predicted octanol–water partition coefficient (Wildman–Crippen LogP) is 4.44. The maximum atomic E-state index is 13.5. The lowest BCUT2D eigenvalue weighted by Crippen LogP contribution is -2.37. The molecule has 0 saturated carbocycles. The van der Waals surface area contributed by atoms with Crippen LogP contribution in [0.4, 0.5) is 5.69 Å². The zero-order valence-corrected chi connectivity index (χ0v) is 18.8. The van der Waals surface area contributed by atoms with E-state index in [4.69, 9.17) is 9.47 Å². The number of anilines is 1. The normalized spacial score (nSPS) is 13.6. The van der Waals surface area contributed by atoms with Crippen LogP contribution in [0.5, 0.6) is 11.5 Å². The second-order valence-corrected chi connectivity index (χ2v) is 8.01. The first-order valence-corrected chi connectivity index (χ1v) is 11.3. The summed E-state index contributed by atoms with van der Waals surface area (Å²) in [6.45, 7) is 2.89. The monoisotopic (exact) mass is 448 g/mol. The Morgan fingerprint density at radius 1 is 0.906 bits per heavy atom. The summed E-state index contributed by atoms with van der Waals surface area (Å²) in [5.41, 5.74) is 1.73. The number of thiophene rings is 1. The number of para-hydroxylation sites is 1. The third-order valence-electron chi connectivity index (χ3n) is 5.21. The molecule has 2 aromatic carbocycles. The molecule has 4 rings (SSSR count). The number of hydrogen-bond acceptors (Lipinski definition) is 6. The molecule has 0 fully saturated rings. The van der Waals surface area contributed by atoms with E-state index in [1.807, 2.05) is 59.7 Å². The van der Waals surface area contributed by atoms with Crippen molar-refractivity contribution in [3.63, 3.8) is 0 Å². The fourth-order valence-corrected chi connectivity index (χ4v) is 4.43. The molecule has 0 unspecified atom stereocenters. The largest absolute Gasteiger partial charge is 0.497 e. The summed E-state index contributed by atoms with van der Waals surface area (Å²) in [5.74, 6) is 0.788. The summed E-state index contributed by atoms with van der Waals surface area (Å²) >= 11 is 1.45. The molecule has 1 aliphatic heterocycles. The predicted molar refractivity (Wildman–Crippen MR) is 126 cm³/mol. The topological polar surface area (TPSA) is 59.1 Å². The Morgan fingerprint density at radius 3 is 2.25 bits per heavy atom. The van der Waals surface area contributed by atoms with Crippen molar-refractivity contribution in [2.24, 2.45) is 0 Å². The van der Waals surface area contributed by atoms with Gasteiger partial charge in [-0.05, 0) is 54.8 Å². The van der Waals surface area contributed by atoms with Crippen LogP contribution in [-0.4, -0.2) is 43.5 Å². The average molecular weight is 449 g/mol. The first kappa shape index (κ1) is 21.6. The van der Waals surface area contributed by atoms with E-state index in [0.717, 1.165) is 16.3 Å². The lowest BCUT2D eigenvalue weighted by atomic mass is 10.1. The molecule has 32 heavy (non-hydrogen) atoms. The van der Waals surface area contributed by atoms with E-state index in [0.29, 0.717) is 23.6 Å². The molecule has 0 radical (unpaired) electrons. The highest BCUT2D eigenvalue weighted by atomic mass is 32.1. The van der Waals surface area contributed by atoms with Gasteiger partial charge in [0.05, 0.1) is 19.2 Å². The molecule has 0 N–H and O–H groups in total. The van der Waals surface area contributed by atoms with Gasteiger partial charge < -0.3 is 14.4 Å². The quantitative estimate of drug-likeness (QED) is 0.453. The average Bonchev–Trinajstić information content (AvgIpc) is 3.43. The Morgan fingerprint density at radius 2 is 1.62 bits per heavy atom. The zero-order valence-electron chi connectivity index (χ0n) is 18.0. The molecule has 0 bridgehead atoms. The first-order valence-electron chi connectivity index (χ1n) is 10.4. The van der Waals surface area contributed by atoms with Gasteiger partial charge in [0.25, 0.3) is 11.8 Å². The van der Waals surface area contributed by atoms with Crippen LogP contribution in [0.1, 0.15) is 11.8 Å². The van der Waals surface area contributed by atoms with Crippen LogP contribution >= 0.6 is 11.3 Å². The van der Waals surface area contributed by atoms with Gasteiger partial charge in [0, 0.05) is 17.1 Å². The number of hydrogen-bond donors (Lipinski definition) is 0. The number of benzene rings is 2. The zero-order chi connectivity index (χ0) is 22.5. The molecule has 3 aromatic rings.